The summed E-state index contributed by atoms with van der Waals surface area (Å²) in [5.41, 5.74) is -1.69. The number of aromatic nitrogens is 2. The number of ether oxygens (including phenoxy) is 1. The van der Waals surface area contributed by atoms with Gasteiger partial charge in [-0.1, -0.05) is 30.3 Å². The SMILES string of the molecule is CC(C)n1nc(C(=O)Oc2ccccc2C(F)(F)F)c2ccccc2c1=O. The third-order valence-electron chi connectivity index (χ3n) is 3.91. The van der Waals surface area contributed by atoms with Crippen LogP contribution in [0.1, 0.15) is 35.9 Å². The number of nitrogens with zero attached hydrogens (tertiary/aromatic N) is 2. The molecule has 0 N–H and O–H groups in total. The third-order valence-corrected chi connectivity index (χ3v) is 3.91. The number of fused-ring (bicyclic) bond motifs is 1. The van der Waals surface area contributed by atoms with Crippen LogP contribution in [0.5, 0.6) is 5.75 Å². The van der Waals surface area contributed by atoms with Crippen LogP contribution in [0.15, 0.2) is 53.3 Å². The summed E-state index contributed by atoms with van der Waals surface area (Å²) in [6.07, 6.45) is -4.68. The van der Waals surface area contributed by atoms with Crippen molar-refractivity contribution in [1.82, 2.24) is 9.78 Å². The van der Waals surface area contributed by atoms with Gasteiger partial charge in [-0.2, -0.15) is 18.3 Å². The smallest absolute Gasteiger partial charge is 0.419 e. The third kappa shape index (κ3) is 3.55. The molecule has 0 fully saturated rings. The summed E-state index contributed by atoms with van der Waals surface area (Å²) >= 11 is 0. The van der Waals surface area contributed by atoms with Gasteiger partial charge >= 0.3 is 12.1 Å². The molecule has 0 saturated heterocycles. The van der Waals surface area contributed by atoms with Crippen molar-refractivity contribution < 1.29 is 22.7 Å². The maximum Gasteiger partial charge on any atom is 0.419 e. The number of hydrogen-bond donors (Lipinski definition) is 0. The van der Waals surface area contributed by atoms with E-state index in [9.17, 15) is 22.8 Å². The van der Waals surface area contributed by atoms with E-state index in [4.69, 9.17) is 4.74 Å². The van der Waals surface area contributed by atoms with Crippen LogP contribution in [-0.2, 0) is 6.18 Å². The van der Waals surface area contributed by atoms with Gasteiger partial charge in [0.15, 0.2) is 5.69 Å². The van der Waals surface area contributed by atoms with E-state index < -0.39 is 29.0 Å². The highest BCUT2D eigenvalue weighted by molar-refractivity contribution is 6.02. The number of hydrogen-bond acceptors (Lipinski definition) is 4. The van der Waals surface area contributed by atoms with E-state index in [0.717, 1.165) is 16.8 Å². The van der Waals surface area contributed by atoms with Crippen LogP contribution in [0.25, 0.3) is 10.8 Å². The van der Waals surface area contributed by atoms with Gasteiger partial charge in [-0.15, -0.1) is 0 Å². The predicted octanol–water partition coefficient (Wildman–Crippen LogP) is 4.22. The van der Waals surface area contributed by atoms with Crippen molar-refractivity contribution in [2.75, 3.05) is 0 Å². The van der Waals surface area contributed by atoms with E-state index in [2.05, 4.69) is 5.10 Å². The molecule has 0 bridgehead atoms. The first kappa shape index (κ1) is 18.6. The molecule has 0 atom stereocenters. The van der Waals surface area contributed by atoms with E-state index in [1.807, 2.05) is 0 Å². The molecule has 0 radical (unpaired) electrons. The highest BCUT2D eigenvalue weighted by atomic mass is 19.4. The first-order valence-corrected chi connectivity index (χ1v) is 8.10. The summed E-state index contributed by atoms with van der Waals surface area (Å²) in [5, 5.41) is 4.49. The molecule has 0 aliphatic rings. The molecule has 3 aromatic rings. The van der Waals surface area contributed by atoms with Crippen molar-refractivity contribution in [3.05, 3.63) is 70.1 Å². The Morgan fingerprint density at radius 3 is 2.26 bits per heavy atom. The van der Waals surface area contributed by atoms with E-state index >= 15 is 0 Å². The number of benzene rings is 2. The largest absolute Gasteiger partial charge is 0.421 e. The minimum Gasteiger partial charge on any atom is -0.421 e. The van der Waals surface area contributed by atoms with E-state index in [1.54, 1.807) is 26.0 Å². The molecule has 140 valence electrons. The molecule has 3 rings (SSSR count). The molecule has 0 aliphatic carbocycles. The zero-order valence-electron chi connectivity index (χ0n) is 14.4. The molecule has 0 spiro atoms. The fourth-order valence-electron chi connectivity index (χ4n) is 2.65. The number of para-hydroxylation sites is 1. The van der Waals surface area contributed by atoms with Gasteiger partial charge in [0.25, 0.3) is 5.56 Å². The molecule has 8 heteroatoms. The lowest BCUT2D eigenvalue weighted by molar-refractivity contribution is -0.138. The average Bonchev–Trinajstić information content (AvgIpc) is 2.61. The molecule has 0 amide bonds. The standard InChI is InChI=1S/C19H15F3N2O3/c1-11(2)24-17(25)13-8-4-3-7-12(13)16(23-24)18(26)27-15-10-6-5-9-14(15)19(20,21)22/h3-11H,1-2H3. The van der Waals surface area contributed by atoms with Gasteiger partial charge < -0.3 is 4.74 Å². The first-order valence-electron chi connectivity index (χ1n) is 8.10. The molecule has 1 aromatic heterocycles. The number of halogens is 3. The summed E-state index contributed by atoms with van der Waals surface area (Å²) in [6, 6.07) is 10.3. The number of carbonyl (C=O) groups is 1. The number of rotatable bonds is 3. The predicted molar refractivity (Wildman–Crippen MR) is 92.8 cm³/mol. The van der Waals surface area contributed by atoms with Gasteiger partial charge in [0, 0.05) is 5.39 Å². The van der Waals surface area contributed by atoms with Crippen LogP contribution in [-0.4, -0.2) is 15.7 Å². The van der Waals surface area contributed by atoms with E-state index in [1.165, 1.54) is 24.3 Å². The molecular weight excluding hydrogens is 361 g/mol. The van der Waals surface area contributed by atoms with Crippen LogP contribution in [0.2, 0.25) is 0 Å². The van der Waals surface area contributed by atoms with Gasteiger partial charge in [-0.25, -0.2) is 9.48 Å². The Hall–Kier alpha value is -3.16. The van der Waals surface area contributed by atoms with Crippen molar-refractivity contribution in [3.8, 4) is 5.75 Å². The molecule has 0 unspecified atom stereocenters. The van der Waals surface area contributed by atoms with Gasteiger partial charge in [0.2, 0.25) is 0 Å². The van der Waals surface area contributed by atoms with Crippen LogP contribution < -0.4 is 10.3 Å². The number of alkyl halides is 3. The normalized spacial score (nSPS) is 11.8. The lowest BCUT2D eigenvalue weighted by Gasteiger charge is -2.15. The van der Waals surface area contributed by atoms with Gasteiger partial charge in [-0.05, 0) is 32.0 Å². The molecule has 0 aliphatic heterocycles. The molecule has 0 saturated carbocycles. The van der Waals surface area contributed by atoms with Crippen molar-refractivity contribution in [3.63, 3.8) is 0 Å². The van der Waals surface area contributed by atoms with Crippen LogP contribution >= 0.6 is 0 Å². The van der Waals surface area contributed by atoms with Crippen LogP contribution in [0.3, 0.4) is 0 Å². The van der Waals surface area contributed by atoms with E-state index in [-0.39, 0.29) is 22.5 Å². The Kier molecular flexibility index (Phi) is 4.73. The maximum atomic E-state index is 13.1. The second-order valence-electron chi connectivity index (χ2n) is 6.12. The van der Waals surface area contributed by atoms with Crippen molar-refractivity contribution in [2.45, 2.75) is 26.1 Å². The molecular formula is C19H15F3N2O3. The quantitative estimate of drug-likeness (QED) is 0.507. The second kappa shape index (κ2) is 6.86. The molecule has 27 heavy (non-hydrogen) atoms. The van der Waals surface area contributed by atoms with E-state index in [0.29, 0.717) is 0 Å². The Morgan fingerprint density at radius 1 is 1.04 bits per heavy atom. The van der Waals surface area contributed by atoms with Gasteiger partial charge in [0.1, 0.15) is 5.75 Å². The number of esters is 1. The summed E-state index contributed by atoms with van der Waals surface area (Å²) in [5.74, 6) is -1.69. The van der Waals surface area contributed by atoms with Gasteiger partial charge in [0.05, 0.1) is 17.0 Å². The fourth-order valence-corrected chi connectivity index (χ4v) is 2.65. The maximum absolute atomic E-state index is 13.1. The fraction of sp³-hybridized carbons (Fsp3) is 0.211. The molecule has 5 nitrogen and oxygen atoms in total. The first-order chi connectivity index (χ1) is 12.7. The number of carbonyl (C=O) groups excluding carboxylic acids is 1. The zero-order valence-corrected chi connectivity index (χ0v) is 14.4. The topological polar surface area (TPSA) is 61.2 Å². The Morgan fingerprint density at radius 2 is 1.63 bits per heavy atom. The second-order valence-corrected chi connectivity index (χ2v) is 6.12. The Labute approximate surface area is 152 Å². The van der Waals surface area contributed by atoms with Crippen molar-refractivity contribution in [2.24, 2.45) is 0 Å². The average molecular weight is 376 g/mol. The van der Waals surface area contributed by atoms with Gasteiger partial charge in [-0.3, -0.25) is 4.79 Å². The summed E-state index contributed by atoms with van der Waals surface area (Å²) in [7, 11) is 0. The Balaban J connectivity index is 2.13. The highest BCUT2D eigenvalue weighted by Crippen LogP contribution is 2.36. The zero-order chi connectivity index (χ0) is 19.8. The monoisotopic (exact) mass is 376 g/mol. The van der Waals surface area contributed by atoms with Crippen molar-refractivity contribution >= 4 is 16.7 Å². The lowest BCUT2D eigenvalue weighted by atomic mass is 10.1. The summed E-state index contributed by atoms with van der Waals surface area (Å²) < 4.78 is 45.5. The van der Waals surface area contributed by atoms with Crippen LogP contribution in [0, 0.1) is 0 Å². The lowest BCUT2D eigenvalue weighted by Crippen LogP contribution is -2.28. The van der Waals surface area contributed by atoms with Crippen molar-refractivity contribution in [1.29, 1.82) is 0 Å². The highest BCUT2D eigenvalue weighted by Gasteiger charge is 2.35. The molecule has 2 aromatic carbocycles. The van der Waals surface area contributed by atoms with Crippen LogP contribution in [0.4, 0.5) is 13.2 Å². The summed E-state index contributed by atoms with van der Waals surface area (Å²) in [4.78, 5) is 25.1. The minimum absolute atomic E-state index is 0.217. The summed E-state index contributed by atoms with van der Waals surface area (Å²) in [6.45, 7) is 3.41. The molecule has 1 heterocycles. The minimum atomic E-state index is -4.68. The Bertz CT molecular complexity index is 1070.